The van der Waals surface area contributed by atoms with E-state index < -0.39 is 17.7 Å². The second kappa shape index (κ2) is 13.3. The average Bonchev–Trinajstić information content (AvgIpc) is 3.00. The van der Waals surface area contributed by atoms with E-state index in [-0.39, 0.29) is 48.1 Å². The van der Waals surface area contributed by atoms with Gasteiger partial charge in [0.2, 0.25) is 5.91 Å². The second-order valence-corrected chi connectivity index (χ2v) is 12.3. The standard InChI is InChI=1S/C34H41F2N3O3/c1-22(2)33(41)32(24-7-4-3-5-8-24)39-16-14-23-10-11-25(17-29(23)34(39)42)27-9-6-15-38(21-27)31(40)20-37-19-26-12-13-28(35)18-30(26)36/h10-14,16-18,22,24,27,32,37H,3-9,15,19-21H2,1-2H3. The molecule has 0 radical (unpaired) electrons. The Kier molecular flexibility index (Phi) is 9.51. The molecule has 1 saturated carbocycles. The molecule has 2 fully saturated rings. The third kappa shape index (κ3) is 6.64. The molecule has 6 nitrogen and oxygen atoms in total. The van der Waals surface area contributed by atoms with Gasteiger partial charge in [0.25, 0.3) is 5.56 Å². The van der Waals surface area contributed by atoms with Gasteiger partial charge in [0.15, 0.2) is 5.78 Å². The summed E-state index contributed by atoms with van der Waals surface area (Å²) in [4.78, 5) is 42.1. The van der Waals surface area contributed by atoms with Crippen molar-refractivity contribution in [3.8, 4) is 0 Å². The molecule has 2 unspecified atom stereocenters. The molecule has 2 aromatic carbocycles. The van der Waals surface area contributed by atoms with Crippen LogP contribution in [0.15, 0.2) is 53.5 Å². The third-order valence-corrected chi connectivity index (χ3v) is 9.07. The number of rotatable bonds is 9. The normalized spacial score (nSPS) is 18.9. The summed E-state index contributed by atoms with van der Waals surface area (Å²) < 4.78 is 28.8. The van der Waals surface area contributed by atoms with Crippen molar-refractivity contribution in [2.45, 2.75) is 77.3 Å². The molecule has 1 saturated heterocycles. The Hall–Kier alpha value is -3.39. The molecule has 0 spiro atoms. The van der Waals surface area contributed by atoms with E-state index in [0.717, 1.165) is 55.5 Å². The Bertz CT molecular complexity index is 1500. The average molecular weight is 578 g/mol. The minimum Gasteiger partial charge on any atom is -0.341 e. The Morgan fingerprint density at radius 3 is 2.50 bits per heavy atom. The Balaban J connectivity index is 1.32. The minimum absolute atomic E-state index is 0.0540. The number of ketones is 1. The summed E-state index contributed by atoms with van der Waals surface area (Å²) in [6.07, 6.45) is 8.84. The van der Waals surface area contributed by atoms with Crippen LogP contribution in [-0.4, -0.2) is 40.8 Å². The number of amides is 1. The highest BCUT2D eigenvalue weighted by Gasteiger charge is 2.33. The zero-order valence-electron chi connectivity index (χ0n) is 24.6. The van der Waals surface area contributed by atoms with Crippen molar-refractivity contribution < 1.29 is 18.4 Å². The van der Waals surface area contributed by atoms with Crippen molar-refractivity contribution in [3.05, 3.63) is 81.8 Å². The van der Waals surface area contributed by atoms with E-state index in [1.54, 1.807) is 10.8 Å². The lowest BCUT2D eigenvalue weighted by Gasteiger charge is -2.33. The monoisotopic (exact) mass is 577 g/mol. The number of piperidine rings is 1. The summed E-state index contributed by atoms with van der Waals surface area (Å²) in [5, 5.41) is 4.44. The summed E-state index contributed by atoms with van der Waals surface area (Å²) in [6.45, 7) is 5.19. The van der Waals surface area contributed by atoms with Gasteiger partial charge in [-0.15, -0.1) is 0 Å². The number of likely N-dealkylation sites (tertiary alicyclic amines) is 1. The van der Waals surface area contributed by atoms with Crippen LogP contribution in [0.25, 0.3) is 10.8 Å². The lowest BCUT2D eigenvalue weighted by Crippen LogP contribution is -2.43. The van der Waals surface area contributed by atoms with E-state index in [1.807, 2.05) is 43.0 Å². The predicted molar refractivity (Wildman–Crippen MR) is 160 cm³/mol. The number of nitrogens with zero attached hydrogens (tertiary/aromatic N) is 2. The first-order valence-electron chi connectivity index (χ1n) is 15.3. The maximum Gasteiger partial charge on any atom is 0.259 e. The highest BCUT2D eigenvalue weighted by Crippen LogP contribution is 2.35. The zero-order valence-corrected chi connectivity index (χ0v) is 24.6. The fourth-order valence-corrected chi connectivity index (χ4v) is 6.69. The van der Waals surface area contributed by atoms with Gasteiger partial charge in [0, 0.05) is 54.7 Å². The third-order valence-electron chi connectivity index (χ3n) is 9.07. The van der Waals surface area contributed by atoms with Gasteiger partial charge >= 0.3 is 0 Å². The maximum absolute atomic E-state index is 13.9. The van der Waals surface area contributed by atoms with Crippen LogP contribution in [0.1, 0.15) is 81.9 Å². The van der Waals surface area contributed by atoms with Gasteiger partial charge in [-0.3, -0.25) is 14.4 Å². The Morgan fingerprint density at radius 1 is 0.976 bits per heavy atom. The molecule has 42 heavy (non-hydrogen) atoms. The first-order valence-corrected chi connectivity index (χ1v) is 15.3. The molecule has 2 aliphatic rings. The maximum atomic E-state index is 13.9. The highest BCUT2D eigenvalue weighted by molar-refractivity contribution is 5.86. The predicted octanol–water partition coefficient (Wildman–Crippen LogP) is 6.12. The number of halogens is 2. The molecule has 1 N–H and O–H groups in total. The van der Waals surface area contributed by atoms with Crippen LogP contribution in [0, 0.1) is 23.5 Å². The van der Waals surface area contributed by atoms with Gasteiger partial charge in [-0.25, -0.2) is 8.78 Å². The number of fused-ring (bicyclic) bond motifs is 1. The molecule has 1 aromatic heterocycles. The van der Waals surface area contributed by atoms with E-state index in [4.69, 9.17) is 0 Å². The molecule has 3 aromatic rings. The molecule has 2 heterocycles. The van der Waals surface area contributed by atoms with E-state index in [2.05, 4.69) is 5.32 Å². The Morgan fingerprint density at radius 2 is 1.76 bits per heavy atom. The minimum atomic E-state index is -0.637. The number of carbonyl (C=O) groups excluding carboxylic acids is 2. The number of Topliss-reactive ketones (excluding diaryl/α,β-unsaturated/α-hetero) is 1. The number of pyridine rings is 1. The van der Waals surface area contributed by atoms with Crippen LogP contribution in [0.3, 0.4) is 0 Å². The van der Waals surface area contributed by atoms with Gasteiger partial charge in [-0.2, -0.15) is 0 Å². The lowest BCUT2D eigenvalue weighted by molar-refractivity contribution is -0.131. The summed E-state index contributed by atoms with van der Waals surface area (Å²) in [6, 6.07) is 10.9. The molecule has 224 valence electrons. The van der Waals surface area contributed by atoms with Gasteiger partial charge in [0.1, 0.15) is 11.6 Å². The molecule has 0 bridgehead atoms. The van der Waals surface area contributed by atoms with E-state index in [0.29, 0.717) is 24.0 Å². The summed E-state index contributed by atoms with van der Waals surface area (Å²) in [5.74, 6) is -1.11. The number of benzene rings is 2. The van der Waals surface area contributed by atoms with Crippen LogP contribution in [0.4, 0.5) is 8.78 Å². The quantitative estimate of drug-likeness (QED) is 0.333. The second-order valence-electron chi connectivity index (χ2n) is 12.3. The van der Waals surface area contributed by atoms with Crippen molar-refractivity contribution in [2.24, 2.45) is 11.8 Å². The summed E-state index contributed by atoms with van der Waals surface area (Å²) in [7, 11) is 0. The largest absolute Gasteiger partial charge is 0.341 e. The van der Waals surface area contributed by atoms with Gasteiger partial charge in [0.05, 0.1) is 12.6 Å². The summed E-state index contributed by atoms with van der Waals surface area (Å²) >= 11 is 0. The molecular formula is C34H41F2N3O3. The zero-order chi connectivity index (χ0) is 29.8. The molecule has 5 rings (SSSR count). The van der Waals surface area contributed by atoms with Crippen LogP contribution >= 0.6 is 0 Å². The van der Waals surface area contributed by atoms with Gasteiger partial charge in [-0.05, 0) is 60.7 Å². The Labute approximate surface area is 246 Å². The van der Waals surface area contributed by atoms with Gasteiger partial charge in [-0.1, -0.05) is 51.3 Å². The number of nitrogens with one attached hydrogen (secondary N) is 1. The van der Waals surface area contributed by atoms with Gasteiger partial charge < -0.3 is 14.8 Å². The fraction of sp³-hybridized carbons (Fsp3) is 0.500. The molecule has 2 atom stereocenters. The van der Waals surface area contributed by atoms with E-state index in [1.165, 1.54) is 18.6 Å². The highest BCUT2D eigenvalue weighted by atomic mass is 19.1. The van der Waals surface area contributed by atoms with Crippen LogP contribution in [0.2, 0.25) is 0 Å². The molecular weight excluding hydrogens is 536 g/mol. The first-order chi connectivity index (χ1) is 20.2. The van der Waals surface area contributed by atoms with Crippen molar-refractivity contribution in [1.82, 2.24) is 14.8 Å². The van der Waals surface area contributed by atoms with Crippen LogP contribution in [0.5, 0.6) is 0 Å². The molecule has 8 heteroatoms. The van der Waals surface area contributed by atoms with Crippen molar-refractivity contribution >= 4 is 22.5 Å². The van der Waals surface area contributed by atoms with Crippen molar-refractivity contribution in [2.75, 3.05) is 19.6 Å². The smallest absolute Gasteiger partial charge is 0.259 e. The van der Waals surface area contributed by atoms with Crippen LogP contribution < -0.4 is 10.9 Å². The number of hydrogen-bond donors (Lipinski definition) is 1. The topological polar surface area (TPSA) is 71.4 Å². The van der Waals surface area contributed by atoms with E-state index >= 15 is 0 Å². The number of aromatic nitrogens is 1. The number of hydrogen-bond acceptors (Lipinski definition) is 4. The summed E-state index contributed by atoms with van der Waals surface area (Å²) in [5.41, 5.74) is 1.20. The molecule has 1 aliphatic heterocycles. The van der Waals surface area contributed by atoms with E-state index in [9.17, 15) is 23.2 Å². The fourth-order valence-electron chi connectivity index (χ4n) is 6.69. The molecule has 1 aliphatic carbocycles. The number of carbonyl (C=O) groups is 2. The van der Waals surface area contributed by atoms with Crippen molar-refractivity contribution in [3.63, 3.8) is 0 Å². The lowest BCUT2D eigenvalue weighted by atomic mass is 9.80. The first kappa shape index (κ1) is 30.1. The SMILES string of the molecule is CC(C)C(=O)C(C1CCCCC1)n1ccc2ccc(C3CCCN(C(=O)CNCc4ccc(F)cc4F)C3)cc2c1=O. The van der Waals surface area contributed by atoms with Crippen LogP contribution in [-0.2, 0) is 16.1 Å². The molecule has 1 amide bonds. The van der Waals surface area contributed by atoms with Crippen molar-refractivity contribution in [1.29, 1.82) is 0 Å².